The smallest absolute Gasteiger partial charge is 0.279 e. The number of ether oxygens (including phenoxy) is 2. The third kappa shape index (κ3) is 5.55. The Hall–Kier alpha value is -3.42. The topological polar surface area (TPSA) is 142 Å². The second-order valence-corrected chi connectivity index (χ2v) is 10.3. The molecule has 0 unspecified atom stereocenters. The lowest BCUT2D eigenvalue weighted by atomic mass is 10.1. The summed E-state index contributed by atoms with van der Waals surface area (Å²) < 4.78 is 35.8. The molecule has 11 nitrogen and oxygen atoms in total. The minimum absolute atomic E-state index is 0.0673. The first-order valence-electron chi connectivity index (χ1n) is 10.1. The van der Waals surface area contributed by atoms with Gasteiger partial charge in [-0.05, 0) is 18.6 Å². The molecule has 1 amide bonds. The van der Waals surface area contributed by atoms with Crippen LogP contribution < -0.4 is 10.1 Å². The van der Waals surface area contributed by atoms with Crippen molar-refractivity contribution in [3.8, 4) is 5.88 Å². The summed E-state index contributed by atoms with van der Waals surface area (Å²) in [5.74, 6) is -0.139. The maximum Gasteiger partial charge on any atom is 0.279 e. The van der Waals surface area contributed by atoms with Gasteiger partial charge in [-0.2, -0.15) is 0 Å². The molecule has 1 saturated heterocycles. The van der Waals surface area contributed by atoms with Gasteiger partial charge < -0.3 is 19.6 Å². The van der Waals surface area contributed by atoms with Crippen LogP contribution in [0.1, 0.15) is 17.0 Å². The molecule has 178 valence electrons. The van der Waals surface area contributed by atoms with Crippen LogP contribution in [-0.2, 0) is 30.8 Å². The van der Waals surface area contributed by atoms with Crippen molar-refractivity contribution in [2.24, 2.45) is 5.16 Å². The maximum atomic E-state index is 13.0. The molecular weight excluding hydrogens is 482 g/mol. The standard InChI is InChI=1S/C21H21N5O6S2/c1-30-18-11-23-17(10-24-18)25-21(27)20(26-32-13-19-22-7-9-33-19)14-2-4-15(5-3-14)34(28,29)16-6-8-31-12-16/h2-5,7,9-11,16H,6,8,12-13H2,1H3,(H,23,25,27)/t16-/m0/s1. The first-order chi connectivity index (χ1) is 16.5. The van der Waals surface area contributed by atoms with Gasteiger partial charge in [-0.25, -0.2) is 23.4 Å². The van der Waals surface area contributed by atoms with Gasteiger partial charge in [0.1, 0.15) is 5.01 Å². The van der Waals surface area contributed by atoms with E-state index in [2.05, 4.69) is 25.4 Å². The van der Waals surface area contributed by atoms with E-state index in [-0.39, 0.29) is 29.6 Å². The van der Waals surface area contributed by atoms with Crippen LogP contribution in [0.25, 0.3) is 0 Å². The van der Waals surface area contributed by atoms with Gasteiger partial charge in [0.05, 0.1) is 36.3 Å². The first kappa shape index (κ1) is 23.7. The van der Waals surface area contributed by atoms with Gasteiger partial charge in [0, 0.05) is 23.7 Å². The van der Waals surface area contributed by atoms with E-state index in [1.54, 1.807) is 11.6 Å². The Balaban J connectivity index is 1.56. The third-order valence-corrected chi connectivity index (χ3v) is 7.84. The summed E-state index contributed by atoms with van der Waals surface area (Å²) in [7, 11) is -2.08. The highest BCUT2D eigenvalue weighted by Crippen LogP contribution is 2.23. The van der Waals surface area contributed by atoms with E-state index in [9.17, 15) is 13.2 Å². The number of anilines is 1. The molecule has 4 rings (SSSR count). The number of nitrogens with zero attached hydrogens (tertiary/aromatic N) is 4. The van der Waals surface area contributed by atoms with Gasteiger partial charge in [-0.15, -0.1) is 11.3 Å². The molecular formula is C21H21N5O6S2. The number of hydrogen-bond donors (Lipinski definition) is 1. The SMILES string of the molecule is COc1cnc(NC(=O)C(=NOCc2nccs2)c2ccc(S(=O)(=O)[C@H]3CCOC3)cc2)cn1. The quantitative estimate of drug-likeness (QED) is 0.343. The Morgan fingerprint density at radius 3 is 2.68 bits per heavy atom. The highest BCUT2D eigenvalue weighted by molar-refractivity contribution is 7.92. The first-order valence-corrected chi connectivity index (χ1v) is 12.6. The summed E-state index contributed by atoms with van der Waals surface area (Å²) >= 11 is 1.39. The van der Waals surface area contributed by atoms with Gasteiger partial charge in [-0.3, -0.25) is 4.79 Å². The highest BCUT2D eigenvalue weighted by atomic mass is 32.2. The van der Waals surface area contributed by atoms with Crippen LogP contribution in [0.2, 0.25) is 0 Å². The number of hydrogen-bond acceptors (Lipinski definition) is 11. The minimum atomic E-state index is -3.54. The monoisotopic (exact) mass is 503 g/mol. The van der Waals surface area contributed by atoms with E-state index in [0.717, 1.165) is 0 Å². The normalized spacial score (nSPS) is 16.3. The number of sulfone groups is 1. The summed E-state index contributed by atoms with van der Waals surface area (Å²) in [6, 6.07) is 5.90. The van der Waals surface area contributed by atoms with E-state index < -0.39 is 21.0 Å². The zero-order chi connectivity index (χ0) is 24.0. The molecule has 1 aromatic carbocycles. The summed E-state index contributed by atoms with van der Waals surface area (Å²) in [5, 5.41) is 8.50. The number of thiazole rings is 1. The zero-order valence-corrected chi connectivity index (χ0v) is 19.7. The van der Waals surface area contributed by atoms with Crippen molar-refractivity contribution in [3.05, 3.63) is 58.8 Å². The van der Waals surface area contributed by atoms with Crippen LogP contribution in [0.3, 0.4) is 0 Å². The number of rotatable bonds is 9. The molecule has 3 aromatic rings. The highest BCUT2D eigenvalue weighted by Gasteiger charge is 2.31. The summed E-state index contributed by atoms with van der Waals surface area (Å²) in [4.78, 5) is 30.7. The molecule has 1 aliphatic rings. The minimum Gasteiger partial charge on any atom is -0.480 e. The number of amides is 1. The van der Waals surface area contributed by atoms with Crippen LogP contribution in [-0.4, -0.2) is 60.6 Å². The summed E-state index contributed by atoms with van der Waals surface area (Å²) in [6.45, 7) is 0.668. The molecule has 1 atom stereocenters. The average molecular weight is 504 g/mol. The van der Waals surface area contributed by atoms with Crippen LogP contribution in [0.5, 0.6) is 5.88 Å². The number of carbonyl (C=O) groups excluding carboxylic acids is 1. The fourth-order valence-corrected chi connectivity index (χ4v) is 5.22. The number of aromatic nitrogens is 3. The van der Waals surface area contributed by atoms with Crippen LogP contribution in [0, 0.1) is 0 Å². The van der Waals surface area contributed by atoms with Crippen LogP contribution in [0.15, 0.2) is 58.3 Å². The van der Waals surface area contributed by atoms with Crippen molar-refractivity contribution in [2.75, 3.05) is 25.6 Å². The number of nitrogens with one attached hydrogen (secondary N) is 1. The third-order valence-electron chi connectivity index (χ3n) is 4.90. The Kier molecular flexibility index (Phi) is 7.45. The van der Waals surface area contributed by atoms with E-state index in [0.29, 0.717) is 29.5 Å². The van der Waals surface area contributed by atoms with Gasteiger partial charge in [0.15, 0.2) is 28.0 Å². The molecule has 0 spiro atoms. The van der Waals surface area contributed by atoms with Crippen LogP contribution >= 0.6 is 11.3 Å². The second-order valence-electron chi connectivity index (χ2n) is 7.09. The Morgan fingerprint density at radius 1 is 1.24 bits per heavy atom. The zero-order valence-electron chi connectivity index (χ0n) is 18.1. The van der Waals surface area contributed by atoms with Crippen molar-refractivity contribution in [1.82, 2.24) is 15.0 Å². The average Bonchev–Trinajstić information content (AvgIpc) is 3.57. The van der Waals surface area contributed by atoms with Gasteiger partial charge >= 0.3 is 0 Å². The number of oxime groups is 1. The fourth-order valence-electron chi connectivity index (χ4n) is 3.12. The number of methoxy groups -OCH3 is 1. The molecule has 1 aliphatic heterocycles. The van der Waals surface area contributed by atoms with Crippen molar-refractivity contribution < 1.29 is 27.5 Å². The van der Waals surface area contributed by atoms with Gasteiger partial charge in [0.25, 0.3) is 5.91 Å². The van der Waals surface area contributed by atoms with Crippen molar-refractivity contribution in [2.45, 2.75) is 23.2 Å². The lowest BCUT2D eigenvalue weighted by Crippen LogP contribution is -2.25. The maximum absolute atomic E-state index is 13.0. The second kappa shape index (κ2) is 10.7. The van der Waals surface area contributed by atoms with Gasteiger partial charge in [0.2, 0.25) is 5.88 Å². The van der Waals surface area contributed by atoms with E-state index >= 15 is 0 Å². The lowest BCUT2D eigenvalue weighted by Gasteiger charge is -2.11. The lowest BCUT2D eigenvalue weighted by molar-refractivity contribution is -0.110. The van der Waals surface area contributed by atoms with Crippen molar-refractivity contribution in [3.63, 3.8) is 0 Å². The van der Waals surface area contributed by atoms with E-state index in [1.807, 2.05) is 0 Å². The molecule has 34 heavy (non-hydrogen) atoms. The molecule has 1 fully saturated rings. The van der Waals surface area contributed by atoms with Crippen molar-refractivity contribution in [1.29, 1.82) is 0 Å². The van der Waals surface area contributed by atoms with Crippen LogP contribution in [0.4, 0.5) is 5.82 Å². The molecule has 0 aliphatic carbocycles. The number of benzene rings is 1. The van der Waals surface area contributed by atoms with Gasteiger partial charge in [-0.1, -0.05) is 17.3 Å². The number of carbonyl (C=O) groups is 1. The predicted octanol–water partition coefficient (Wildman–Crippen LogP) is 2.06. The molecule has 13 heteroatoms. The Bertz CT molecular complexity index is 1240. The fraction of sp³-hybridized carbons (Fsp3) is 0.286. The molecule has 0 radical (unpaired) electrons. The van der Waals surface area contributed by atoms with E-state index in [4.69, 9.17) is 14.3 Å². The Morgan fingerprint density at radius 2 is 2.06 bits per heavy atom. The molecule has 1 N–H and O–H groups in total. The Labute approximate surface area is 199 Å². The summed E-state index contributed by atoms with van der Waals surface area (Å²) in [5.41, 5.74) is 0.294. The van der Waals surface area contributed by atoms with E-state index in [1.165, 1.54) is 55.1 Å². The molecule has 0 bridgehead atoms. The van der Waals surface area contributed by atoms with Crippen molar-refractivity contribution >= 4 is 38.6 Å². The molecule has 3 heterocycles. The summed E-state index contributed by atoms with van der Waals surface area (Å²) in [6.07, 6.45) is 4.78. The molecule has 0 saturated carbocycles. The predicted molar refractivity (Wildman–Crippen MR) is 124 cm³/mol. The molecule has 2 aromatic heterocycles. The largest absolute Gasteiger partial charge is 0.480 e.